The van der Waals surface area contributed by atoms with Gasteiger partial charge in [-0.25, -0.2) is 9.78 Å². The molecule has 7 heteroatoms. The van der Waals surface area contributed by atoms with Gasteiger partial charge in [0.15, 0.2) is 0 Å². The zero-order chi connectivity index (χ0) is 19.7. The molecule has 2 aliphatic heterocycles. The Morgan fingerprint density at radius 1 is 1.32 bits per heavy atom. The first-order valence-corrected chi connectivity index (χ1v) is 10.4. The highest BCUT2D eigenvalue weighted by Gasteiger charge is 2.49. The molecule has 1 aliphatic carbocycles. The Morgan fingerprint density at radius 3 is 2.75 bits per heavy atom. The molecule has 3 heterocycles. The summed E-state index contributed by atoms with van der Waals surface area (Å²) >= 11 is 0. The molecule has 152 valence electrons. The van der Waals surface area contributed by atoms with Crippen LogP contribution in [0.4, 0.5) is 4.39 Å². The summed E-state index contributed by atoms with van der Waals surface area (Å²) in [6.45, 7) is 3.95. The third kappa shape index (κ3) is 3.64. The second kappa shape index (κ2) is 7.78. The van der Waals surface area contributed by atoms with Gasteiger partial charge in [0.1, 0.15) is 5.60 Å². The molecule has 1 saturated carbocycles. The van der Waals surface area contributed by atoms with E-state index in [1.165, 1.54) is 25.5 Å². The van der Waals surface area contributed by atoms with E-state index in [1.54, 1.807) is 0 Å². The molecular weight excluding hydrogens is 361 g/mol. The molecule has 0 N–H and O–H groups in total. The maximum absolute atomic E-state index is 13.4. The number of ether oxygens (including phenoxy) is 1. The fourth-order valence-electron chi connectivity index (χ4n) is 4.85. The predicted octanol–water partition coefficient (Wildman–Crippen LogP) is 2.72. The van der Waals surface area contributed by atoms with Gasteiger partial charge in [-0.1, -0.05) is 6.42 Å². The molecule has 28 heavy (non-hydrogen) atoms. The van der Waals surface area contributed by atoms with Crippen molar-refractivity contribution in [1.29, 1.82) is 0 Å². The molecule has 1 aromatic rings. The first-order chi connectivity index (χ1) is 13.5. The maximum atomic E-state index is 13.4. The van der Waals surface area contributed by atoms with Crippen molar-refractivity contribution in [3.05, 3.63) is 29.3 Å². The van der Waals surface area contributed by atoms with Crippen LogP contribution >= 0.6 is 0 Å². The Bertz CT molecular complexity index is 755. The molecule has 0 bridgehead atoms. The number of rotatable bonds is 4. The quantitative estimate of drug-likeness (QED) is 0.585. The number of piperidine rings is 1. The Morgan fingerprint density at radius 2 is 2.04 bits per heavy atom. The highest BCUT2D eigenvalue weighted by atomic mass is 19.1. The molecule has 0 radical (unpaired) electrons. The lowest BCUT2D eigenvalue weighted by atomic mass is 9.75. The normalized spacial score (nSPS) is 27.5. The minimum Gasteiger partial charge on any atom is -0.450 e. The maximum Gasteiger partial charge on any atom is 0.339 e. The number of aromatic nitrogens is 1. The van der Waals surface area contributed by atoms with Crippen molar-refractivity contribution in [2.45, 2.75) is 50.5 Å². The van der Waals surface area contributed by atoms with Crippen LogP contribution in [-0.2, 0) is 15.1 Å². The highest BCUT2D eigenvalue weighted by Crippen LogP contribution is 2.48. The molecule has 4 rings (SSSR count). The molecule has 1 amide bonds. The van der Waals surface area contributed by atoms with Gasteiger partial charge in [0.05, 0.1) is 5.56 Å². The third-order valence-corrected chi connectivity index (χ3v) is 6.59. The van der Waals surface area contributed by atoms with E-state index in [-0.39, 0.29) is 17.4 Å². The van der Waals surface area contributed by atoms with Crippen molar-refractivity contribution >= 4 is 11.9 Å². The minimum atomic E-state index is -0.740. The summed E-state index contributed by atoms with van der Waals surface area (Å²) < 4.78 is 19.0. The lowest BCUT2D eigenvalue weighted by molar-refractivity contribution is -0.137. The zero-order valence-electron chi connectivity index (χ0n) is 16.5. The summed E-state index contributed by atoms with van der Waals surface area (Å²) in [5.41, 5.74) is 0.204. The van der Waals surface area contributed by atoms with Crippen molar-refractivity contribution in [1.82, 2.24) is 14.8 Å². The van der Waals surface area contributed by atoms with E-state index < -0.39 is 17.5 Å². The van der Waals surface area contributed by atoms with Gasteiger partial charge in [0.25, 0.3) is 0 Å². The van der Waals surface area contributed by atoms with Gasteiger partial charge in [-0.2, -0.15) is 4.39 Å². The number of nitrogens with zero attached hydrogens (tertiary/aromatic N) is 3. The standard InChI is InChI=1S/C21H28FN3O3/c1-24(11-12-25-9-3-2-4-10-25)19(26)15-5-7-21(8-6-15)17-14-23-18(22)13-16(17)20(27)28-21/h13-15H,2-12H2,1H3/t15-,21-. The van der Waals surface area contributed by atoms with Crippen molar-refractivity contribution in [2.75, 3.05) is 33.2 Å². The fraction of sp³-hybridized carbons (Fsp3) is 0.667. The molecule has 2 fully saturated rings. The lowest BCUT2D eigenvalue weighted by Gasteiger charge is -2.37. The summed E-state index contributed by atoms with van der Waals surface area (Å²) in [7, 11) is 1.88. The lowest BCUT2D eigenvalue weighted by Crippen LogP contribution is -2.43. The minimum absolute atomic E-state index is 0.0480. The van der Waals surface area contributed by atoms with Gasteiger partial charge >= 0.3 is 5.97 Å². The molecule has 1 aromatic heterocycles. The topological polar surface area (TPSA) is 62.7 Å². The van der Waals surface area contributed by atoms with Crippen LogP contribution in [0.3, 0.4) is 0 Å². The molecular formula is C21H28FN3O3. The van der Waals surface area contributed by atoms with E-state index in [1.807, 2.05) is 11.9 Å². The van der Waals surface area contributed by atoms with E-state index in [0.717, 1.165) is 32.2 Å². The van der Waals surface area contributed by atoms with E-state index >= 15 is 0 Å². The Kier molecular flexibility index (Phi) is 5.36. The number of esters is 1. The molecule has 0 aromatic carbocycles. The average molecular weight is 389 g/mol. The predicted molar refractivity (Wildman–Crippen MR) is 101 cm³/mol. The highest BCUT2D eigenvalue weighted by molar-refractivity contribution is 5.94. The Hall–Kier alpha value is -2.02. The Labute approximate surface area is 165 Å². The van der Waals surface area contributed by atoms with Crippen LogP contribution in [0.2, 0.25) is 0 Å². The van der Waals surface area contributed by atoms with Gasteiger partial charge < -0.3 is 14.5 Å². The molecule has 1 spiro atoms. The average Bonchev–Trinajstić information content (AvgIpc) is 2.97. The van der Waals surface area contributed by atoms with Gasteiger partial charge in [-0.3, -0.25) is 4.79 Å². The second-order valence-corrected chi connectivity index (χ2v) is 8.37. The summed E-state index contributed by atoms with van der Waals surface area (Å²) in [6.07, 6.45) is 7.72. The molecule has 0 unspecified atom stereocenters. The van der Waals surface area contributed by atoms with Gasteiger partial charge in [0, 0.05) is 43.9 Å². The number of halogens is 1. The van der Waals surface area contributed by atoms with Crippen molar-refractivity contribution in [3.8, 4) is 0 Å². The molecule has 3 aliphatic rings. The van der Waals surface area contributed by atoms with Crippen LogP contribution in [0.25, 0.3) is 0 Å². The smallest absolute Gasteiger partial charge is 0.339 e. The van der Waals surface area contributed by atoms with Crippen LogP contribution < -0.4 is 0 Å². The van der Waals surface area contributed by atoms with Crippen LogP contribution in [0.15, 0.2) is 12.3 Å². The molecule has 0 atom stereocenters. The van der Waals surface area contributed by atoms with E-state index in [9.17, 15) is 14.0 Å². The van der Waals surface area contributed by atoms with Crippen LogP contribution in [0, 0.1) is 11.9 Å². The van der Waals surface area contributed by atoms with E-state index in [4.69, 9.17) is 4.74 Å². The van der Waals surface area contributed by atoms with Gasteiger partial charge in [0.2, 0.25) is 11.9 Å². The van der Waals surface area contributed by atoms with E-state index in [2.05, 4.69) is 9.88 Å². The number of pyridine rings is 1. The number of hydrogen-bond acceptors (Lipinski definition) is 5. The van der Waals surface area contributed by atoms with E-state index in [0.29, 0.717) is 31.2 Å². The number of amides is 1. The number of carbonyl (C=O) groups is 2. The largest absolute Gasteiger partial charge is 0.450 e. The number of carbonyl (C=O) groups excluding carboxylic acids is 2. The number of likely N-dealkylation sites (N-methyl/N-ethyl adjacent to an activating group) is 1. The zero-order valence-corrected chi connectivity index (χ0v) is 16.5. The molecule has 1 saturated heterocycles. The molecule has 6 nitrogen and oxygen atoms in total. The summed E-state index contributed by atoms with van der Waals surface area (Å²) in [4.78, 5) is 33.0. The summed E-state index contributed by atoms with van der Waals surface area (Å²) in [5, 5.41) is 0. The van der Waals surface area contributed by atoms with Crippen molar-refractivity contribution < 1.29 is 18.7 Å². The van der Waals surface area contributed by atoms with Crippen molar-refractivity contribution in [2.24, 2.45) is 5.92 Å². The Balaban J connectivity index is 1.34. The number of fused-ring (bicyclic) bond motifs is 2. The first-order valence-electron chi connectivity index (χ1n) is 10.4. The summed E-state index contributed by atoms with van der Waals surface area (Å²) in [5.74, 6) is -1.03. The van der Waals surface area contributed by atoms with Gasteiger partial charge in [-0.15, -0.1) is 0 Å². The number of likely N-dealkylation sites (tertiary alicyclic amines) is 1. The first kappa shape index (κ1) is 19.3. The monoisotopic (exact) mass is 389 g/mol. The third-order valence-electron chi connectivity index (χ3n) is 6.59. The van der Waals surface area contributed by atoms with Crippen LogP contribution in [0.1, 0.15) is 60.9 Å². The SMILES string of the molecule is CN(CCN1CCCCC1)C(=O)[C@H]1CC[C@@]2(CC1)OC(=O)c1cc(F)ncc12. The van der Waals surface area contributed by atoms with Crippen molar-refractivity contribution in [3.63, 3.8) is 0 Å². The van der Waals surface area contributed by atoms with Gasteiger partial charge in [-0.05, 0) is 51.6 Å². The summed E-state index contributed by atoms with van der Waals surface area (Å²) in [6, 6.07) is 1.15. The van der Waals surface area contributed by atoms with Crippen LogP contribution in [0.5, 0.6) is 0 Å². The fourth-order valence-corrected chi connectivity index (χ4v) is 4.85. The number of hydrogen-bond donors (Lipinski definition) is 0. The second-order valence-electron chi connectivity index (χ2n) is 8.37. The van der Waals surface area contributed by atoms with Crippen LogP contribution in [-0.4, -0.2) is 59.9 Å².